The highest BCUT2D eigenvalue weighted by Gasteiger charge is 2.09. The molecule has 3 N–H and O–H groups in total. The first kappa shape index (κ1) is 20.1. The summed E-state index contributed by atoms with van der Waals surface area (Å²) in [6.45, 7) is 0.511. The largest absolute Gasteiger partial charge is 0.337 e. The maximum atomic E-state index is 13.9. The quantitative estimate of drug-likeness (QED) is 0.598. The van der Waals surface area contributed by atoms with E-state index in [4.69, 9.17) is 0 Å². The minimum atomic E-state index is -3.53. The summed E-state index contributed by atoms with van der Waals surface area (Å²) in [4.78, 5) is 11.7. The van der Waals surface area contributed by atoms with Crippen molar-refractivity contribution in [2.24, 2.45) is 0 Å². The number of halogens is 1. The minimum Gasteiger partial charge on any atom is -0.337 e. The van der Waals surface area contributed by atoms with Gasteiger partial charge in [0.1, 0.15) is 5.82 Å². The molecule has 0 radical (unpaired) electrons. The highest BCUT2D eigenvalue weighted by atomic mass is 32.2. The molecule has 0 fully saturated rings. The molecule has 0 bridgehead atoms. The molecule has 0 saturated heterocycles. The van der Waals surface area contributed by atoms with E-state index in [1.54, 1.807) is 6.07 Å². The van der Waals surface area contributed by atoms with Crippen molar-refractivity contribution in [1.82, 2.24) is 10.0 Å². The van der Waals surface area contributed by atoms with Crippen LogP contribution >= 0.6 is 11.9 Å². The smallest absolute Gasteiger partial charge is 0.324 e. The van der Waals surface area contributed by atoms with Gasteiger partial charge in [-0.15, -0.1) is 0 Å². The van der Waals surface area contributed by atoms with E-state index >= 15 is 0 Å². The van der Waals surface area contributed by atoms with E-state index in [-0.39, 0.29) is 11.7 Å². The Morgan fingerprint density at radius 3 is 2.50 bits per heavy atom. The van der Waals surface area contributed by atoms with Crippen LogP contribution in [0.5, 0.6) is 0 Å². The van der Waals surface area contributed by atoms with E-state index in [0.717, 1.165) is 30.2 Å². The third-order valence-electron chi connectivity index (χ3n) is 3.27. The Hall–Kier alpha value is -2.26. The SMILES string of the molecule is CS(=O)(=O)Nc1ccc(CSNC(=O)NCCc2ccccc2)cc1F. The summed E-state index contributed by atoms with van der Waals surface area (Å²) in [5, 5.41) is 2.74. The van der Waals surface area contributed by atoms with Gasteiger partial charge in [-0.2, -0.15) is 0 Å². The molecule has 6 nitrogen and oxygen atoms in total. The molecule has 0 aliphatic heterocycles. The summed E-state index contributed by atoms with van der Waals surface area (Å²) in [6, 6.07) is 13.7. The molecule has 0 aliphatic carbocycles. The zero-order valence-corrected chi connectivity index (χ0v) is 15.8. The summed E-state index contributed by atoms with van der Waals surface area (Å²) >= 11 is 1.12. The number of anilines is 1. The van der Waals surface area contributed by atoms with Gasteiger partial charge < -0.3 is 5.32 Å². The van der Waals surface area contributed by atoms with Crippen LogP contribution in [0.25, 0.3) is 0 Å². The molecule has 140 valence electrons. The maximum absolute atomic E-state index is 13.9. The number of rotatable bonds is 8. The lowest BCUT2D eigenvalue weighted by molar-refractivity contribution is 0.246. The number of benzene rings is 2. The summed E-state index contributed by atoms with van der Waals surface area (Å²) in [7, 11) is -3.53. The number of nitrogens with one attached hydrogen (secondary N) is 3. The van der Waals surface area contributed by atoms with Crippen molar-refractivity contribution in [2.45, 2.75) is 12.2 Å². The zero-order chi connectivity index (χ0) is 19.0. The lowest BCUT2D eigenvalue weighted by Crippen LogP contribution is -2.32. The zero-order valence-electron chi connectivity index (χ0n) is 14.2. The van der Waals surface area contributed by atoms with Gasteiger partial charge in [-0.25, -0.2) is 17.6 Å². The van der Waals surface area contributed by atoms with Crippen molar-refractivity contribution in [1.29, 1.82) is 0 Å². The summed E-state index contributed by atoms with van der Waals surface area (Å²) in [5.41, 5.74) is 1.66. The highest BCUT2D eigenvalue weighted by molar-refractivity contribution is 7.97. The molecule has 26 heavy (non-hydrogen) atoms. The van der Waals surface area contributed by atoms with Crippen molar-refractivity contribution in [2.75, 3.05) is 17.5 Å². The van der Waals surface area contributed by atoms with Crippen LogP contribution in [-0.2, 0) is 22.2 Å². The predicted molar refractivity (Wildman–Crippen MR) is 103 cm³/mol. The Kier molecular flexibility index (Phi) is 7.28. The topological polar surface area (TPSA) is 87.3 Å². The van der Waals surface area contributed by atoms with Gasteiger partial charge in [0.2, 0.25) is 10.0 Å². The lowest BCUT2D eigenvalue weighted by atomic mass is 10.1. The van der Waals surface area contributed by atoms with Crippen molar-refractivity contribution >= 4 is 33.7 Å². The lowest BCUT2D eigenvalue weighted by Gasteiger charge is -2.09. The second kappa shape index (κ2) is 9.44. The van der Waals surface area contributed by atoms with Crippen LogP contribution in [-0.4, -0.2) is 27.2 Å². The van der Waals surface area contributed by atoms with Crippen LogP contribution in [0.3, 0.4) is 0 Å². The molecule has 0 saturated carbocycles. The molecular weight excluding hydrogens is 377 g/mol. The molecule has 0 atom stereocenters. The average Bonchev–Trinajstić information content (AvgIpc) is 2.57. The average molecular weight is 397 g/mol. The van der Waals surface area contributed by atoms with E-state index in [9.17, 15) is 17.6 Å². The first-order chi connectivity index (χ1) is 12.3. The van der Waals surface area contributed by atoms with Crippen molar-refractivity contribution in [3.8, 4) is 0 Å². The molecule has 2 rings (SSSR count). The van der Waals surface area contributed by atoms with Gasteiger partial charge in [-0.1, -0.05) is 36.4 Å². The number of amides is 2. The fourth-order valence-corrected chi connectivity index (χ4v) is 3.30. The molecule has 0 heterocycles. The van der Waals surface area contributed by atoms with Gasteiger partial charge in [-0.05, 0) is 41.6 Å². The molecular formula is C17H20FN3O3S2. The maximum Gasteiger partial charge on any atom is 0.324 e. The van der Waals surface area contributed by atoms with E-state index in [1.807, 2.05) is 30.3 Å². The van der Waals surface area contributed by atoms with Gasteiger partial charge in [0.25, 0.3) is 0 Å². The normalized spacial score (nSPS) is 11.0. The van der Waals surface area contributed by atoms with Gasteiger partial charge in [0, 0.05) is 12.3 Å². The summed E-state index contributed by atoms with van der Waals surface area (Å²) in [6.07, 6.45) is 1.69. The number of sulfonamides is 1. The minimum absolute atomic E-state index is 0.104. The van der Waals surface area contributed by atoms with Crippen molar-refractivity contribution in [3.05, 3.63) is 65.5 Å². The van der Waals surface area contributed by atoms with Crippen LogP contribution in [0.4, 0.5) is 14.9 Å². The van der Waals surface area contributed by atoms with E-state index in [0.29, 0.717) is 17.9 Å². The molecule has 0 unspecified atom stereocenters. The molecule has 9 heteroatoms. The first-order valence-corrected chi connectivity index (χ1v) is 10.7. The molecule has 2 aromatic carbocycles. The molecule has 2 amide bonds. The van der Waals surface area contributed by atoms with Crippen molar-refractivity contribution < 1.29 is 17.6 Å². The fraction of sp³-hybridized carbons (Fsp3) is 0.235. The van der Waals surface area contributed by atoms with E-state index in [1.165, 1.54) is 12.1 Å². The second-order valence-corrected chi connectivity index (χ2v) is 8.10. The molecule has 2 aromatic rings. The van der Waals surface area contributed by atoms with Gasteiger partial charge in [0.05, 0.1) is 11.9 Å². The number of carbonyl (C=O) groups excluding carboxylic acids is 1. The standard InChI is InChI=1S/C17H20FN3O3S2/c1-26(23,24)21-16-8-7-14(11-15(16)18)12-25-20-17(22)19-10-9-13-5-3-2-4-6-13/h2-8,11,21H,9-10,12H2,1H3,(H2,19,20,22). The second-order valence-electron chi connectivity index (χ2n) is 5.57. The summed E-state index contributed by atoms with van der Waals surface area (Å²) in [5.74, 6) is -0.317. The van der Waals surface area contributed by atoms with Crippen LogP contribution in [0.2, 0.25) is 0 Å². The number of hydrogen-bond donors (Lipinski definition) is 3. The van der Waals surface area contributed by atoms with Crippen LogP contribution in [0.1, 0.15) is 11.1 Å². The number of carbonyl (C=O) groups is 1. The Bertz CT molecular complexity index is 846. The third-order valence-corrected chi connectivity index (χ3v) is 4.67. The van der Waals surface area contributed by atoms with Crippen LogP contribution in [0.15, 0.2) is 48.5 Å². The van der Waals surface area contributed by atoms with Gasteiger partial charge >= 0.3 is 6.03 Å². The highest BCUT2D eigenvalue weighted by Crippen LogP contribution is 2.19. The third kappa shape index (κ3) is 7.32. The first-order valence-electron chi connectivity index (χ1n) is 7.79. The van der Waals surface area contributed by atoms with Crippen LogP contribution in [0, 0.1) is 5.82 Å². The van der Waals surface area contributed by atoms with Crippen LogP contribution < -0.4 is 14.8 Å². The Labute approximate surface area is 156 Å². The molecule has 0 aromatic heterocycles. The number of urea groups is 1. The monoisotopic (exact) mass is 397 g/mol. The fourth-order valence-electron chi connectivity index (χ4n) is 2.12. The predicted octanol–water partition coefficient (Wildman–Crippen LogP) is 2.89. The van der Waals surface area contributed by atoms with Gasteiger partial charge in [0.15, 0.2) is 0 Å². The molecule has 0 spiro atoms. The van der Waals surface area contributed by atoms with E-state index in [2.05, 4.69) is 14.8 Å². The Balaban J connectivity index is 1.71. The van der Waals surface area contributed by atoms with Gasteiger partial charge in [-0.3, -0.25) is 9.44 Å². The Morgan fingerprint density at radius 2 is 1.85 bits per heavy atom. The van der Waals surface area contributed by atoms with E-state index < -0.39 is 15.8 Å². The Morgan fingerprint density at radius 1 is 1.12 bits per heavy atom. The number of hydrogen-bond acceptors (Lipinski definition) is 4. The summed E-state index contributed by atoms with van der Waals surface area (Å²) < 4.78 is 40.8. The van der Waals surface area contributed by atoms with Crippen molar-refractivity contribution in [3.63, 3.8) is 0 Å². The molecule has 0 aliphatic rings.